The summed E-state index contributed by atoms with van der Waals surface area (Å²) in [6, 6.07) is 3.15. The number of hydrazone groups is 1. The van der Waals surface area contributed by atoms with Crippen molar-refractivity contribution in [2.75, 3.05) is 20.6 Å². The predicted molar refractivity (Wildman–Crippen MR) is 109 cm³/mol. The Morgan fingerprint density at radius 2 is 2.14 bits per heavy atom. The maximum atomic E-state index is 12.0. The Balaban J connectivity index is 2.34. The van der Waals surface area contributed by atoms with Crippen LogP contribution in [0.15, 0.2) is 42.0 Å². The number of nitrogens with two attached hydrogens (primary N) is 2. The van der Waals surface area contributed by atoms with E-state index in [0.717, 1.165) is 5.56 Å². The van der Waals surface area contributed by atoms with Crippen molar-refractivity contribution >= 4 is 11.6 Å². The number of likely N-dealkylation sites (N-methyl/N-ethyl adjacent to an activating group) is 1. The molecule has 150 valence electrons. The van der Waals surface area contributed by atoms with Gasteiger partial charge in [0.2, 0.25) is 0 Å². The van der Waals surface area contributed by atoms with Gasteiger partial charge in [0.1, 0.15) is 17.4 Å². The summed E-state index contributed by atoms with van der Waals surface area (Å²) in [5.74, 6) is 4.65. The number of phenols is 1. The molecular formula is C21H29N4O3+. The van der Waals surface area contributed by atoms with E-state index in [1.807, 2.05) is 33.2 Å². The molecule has 2 aliphatic carbocycles. The number of amides is 1. The lowest BCUT2D eigenvalue weighted by molar-refractivity contribution is -0.917. The molecule has 7 nitrogen and oxygen atoms in total. The number of benzene rings is 1. The van der Waals surface area contributed by atoms with Gasteiger partial charge in [-0.1, -0.05) is 19.6 Å². The molecule has 0 saturated carbocycles. The first-order valence-corrected chi connectivity index (χ1v) is 9.29. The first-order chi connectivity index (χ1) is 13.0. The van der Waals surface area contributed by atoms with E-state index in [9.17, 15) is 15.0 Å². The summed E-state index contributed by atoms with van der Waals surface area (Å²) in [4.78, 5) is 11.8. The zero-order valence-electron chi connectivity index (χ0n) is 16.6. The lowest BCUT2D eigenvalue weighted by Gasteiger charge is -2.57. The van der Waals surface area contributed by atoms with E-state index in [2.05, 4.69) is 11.7 Å². The van der Waals surface area contributed by atoms with E-state index in [1.54, 1.807) is 18.2 Å². The van der Waals surface area contributed by atoms with Crippen LogP contribution in [0.4, 0.5) is 0 Å². The van der Waals surface area contributed by atoms with Crippen LogP contribution in [0.5, 0.6) is 5.75 Å². The molecule has 0 aromatic heterocycles. The minimum Gasteiger partial charge on any atom is -0.507 e. The molecule has 0 heterocycles. The molecule has 2 aliphatic rings. The van der Waals surface area contributed by atoms with Gasteiger partial charge in [-0.15, -0.1) is 0 Å². The van der Waals surface area contributed by atoms with E-state index >= 15 is 0 Å². The van der Waals surface area contributed by atoms with E-state index < -0.39 is 16.9 Å². The summed E-state index contributed by atoms with van der Waals surface area (Å²) < 4.78 is 0.507. The van der Waals surface area contributed by atoms with Crippen molar-refractivity contribution in [2.45, 2.75) is 36.8 Å². The second-order valence-corrected chi connectivity index (χ2v) is 8.62. The molecule has 28 heavy (non-hydrogen) atoms. The number of primary amides is 1. The maximum absolute atomic E-state index is 12.0. The topological polar surface area (TPSA) is 122 Å². The van der Waals surface area contributed by atoms with Crippen LogP contribution >= 0.6 is 0 Å². The van der Waals surface area contributed by atoms with E-state index in [0.29, 0.717) is 35.1 Å². The molecule has 0 spiro atoms. The summed E-state index contributed by atoms with van der Waals surface area (Å²) in [6.45, 7) is 6.40. The molecule has 0 aliphatic heterocycles. The summed E-state index contributed by atoms with van der Waals surface area (Å²) in [5, 5.41) is 26.8. The zero-order valence-corrected chi connectivity index (χ0v) is 16.6. The number of rotatable bonds is 4. The van der Waals surface area contributed by atoms with Crippen LogP contribution in [0.2, 0.25) is 0 Å². The van der Waals surface area contributed by atoms with Gasteiger partial charge in [0.05, 0.1) is 31.9 Å². The van der Waals surface area contributed by atoms with Crippen molar-refractivity contribution in [1.82, 2.24) is 0 Å². The van der Waals surface area contributed by atoms with Gasteiger partial charge in [0.15, 0.2) is 0 Å². The molecule has 6 N–H and O–H groups in total. The number of fused-ring (bicyclic) bond motifs is 3. The van der Waals surface area contributed by atoms with Crippen molar-refractivity contribution in [3.63, 3.8) is 0 Å². The maximum Gasteiger partial charge on any atom is 0.252 e. The van der Waals surface area contributed by atoms with Gasteiger partial charge in [0, 0.05) is 23.8 Å². The minimum absolute atomic E-state index is 0.0430. The highest BCUT2D eigenvalue weighted by Crippen LogP contribution is 2.54. The molecule has 0 saturated heterocycles. The van der Waals surface area contributed by atoms with Crippen molar-refractivity contribution in [1.29, 1.82) is 0 Å². The number of carbonyl (C=O) groups is 1. The molecular weight excluding hydrogens is 356 g/mol. The van der Waals surface area contributed by atoms with Crippen molar-refractivity contribution in [3.8, 4) is 5.75 Å². The first-order valence-electron chi connectivity index (χ1n) is 9.29. The highest BCUT2D eigenvalue weighted by atomic mass is 16.3. The Hall–Kier alpha value is -2.64. The summed E-state index contributed by atoms with van der Waals surface area (Å²) in [6.07, 6.45) is 6.15. The molecule has 1 aromatic carbocycles. The van der Waals surface area contributed by atoms with Gasteiger partial charge in [-0.2, -0.15) is 5.10 Å². The molecule has 1 aromatic rings. The monoisotopic (exact) mass is 385 g/mol. The molecule has 0 bridgehead atoms. The van der Waals surface area contributed by atoms with E-state index in [4.69, 9.17) is 11.6 Å². The van der Waals surface area contributed by atoms with Crippen LogP contribution in [0.25, 0.3) is 0 Å². The van der Waals surface area contributed by atoms with Crippen molar-refractivity contribution in [3.05, 3.63) is 53.6 Å². The van der Waals surface area contributed by atoms with Crippen LogP contribution in [-0.2, 0) is 11.8 Å². The third kappa shape index (κ3) is 2.65. The number of quaternary nitrogens is 1. The molecule has 7 heteroatoms. The van der Waals surface area contributed by atoms with Crippen molar-refractivity contribution < 1.29 is 19.5 Å². The SMILES string of the molecule is C=CC[N+](C)(C)[C@@H]1Cc2ccc(C(N)=O)c(O)c2C2(C)C/C(=N/N)C=C[C@@]12O. The molecule has 0 fully saturated rings. The van der Waals surface area contributed by atoms with Gasteiger partial charge in [-0.25, -0.2) is 0 Å². The quantitative estimate of drug-likeness (QED) is 0.267. The number of carbonyl (C=O) groups excluding carboxylic acids is 1. The van der Waals surface area contributed by atoms with Crippen LogP contribution in [0, 0.1) is 0 Å². The van der Waals surface area contributed by atoms with Crippen LogP contribution in [0.3, 0.4) is 0 Å². The molecule has 1 unspecified atom stereocenters. The standard InChI is InChI=1S/C21H28N4O3/c1-5-10-25(3,4)16-11-13-6-7-15(19(22)27)18(26)17(13)20(2)12-14(24-23)8-9-21(16,20)28/h5-9,16,28H,1,10-12,23H2,2-4H3,(H2-,22,26,27)/p+1/b24-14+/t16-,20?,21-/m1/s1. The largest absolute Gasteiger partial charge is 0.507 e. The zero-order chi connectivity index (χ0) is 20.9. The molecule has 3 atom stereocenters. The minimum atomic E-state index is -1.30. The summed E-state index contributed by atoms with van der Waals surface area (Å²) >= 11 is 0. The first kappa shape index (κ1) is 20.1. The third-order valence-corrected chi connectivity index (χ3v) is 6.56. The smallest absolute Gasteiger partial charge is 0.252 e. The second kappa shape index (κ2) is 6.46. The number of hydrogen-bond acceptors (Lipinski definition) is 5. The fourth-order valence-electron chi connectivity index (χ4n) is 5.05. The number of aromatic hydroxyl groups is 1. The fourth-order valence-corrected chi connectivity index (χ4v) is 5.05. The highest BCUT2D eigenvalue weighted by molar-refractivity contribution is 5.99. The third-order valence-electron chi connectivity index (χ3n) is 6.56. The number of hydrogen-bond donors (Lipinski definition) is 4. The van der Waals surface area contributed by atoms with Crippen molar-refractivity contribution in [2.24, 2.45) is 16.7 Å². The van der Waals surface area contributed by atoms with E-state index in [1.165, 1.54) is 0 Å². The molecule has 1 amide bonds. The summed E-state index contributed by atoms with van der Waals surface area (Å²) in [7, 11) is 4.10. The summed E-state index contributed by atoms with van der Waals surface area (Å²) in [5.41, 5.74) is 5.27. The number of allylic oxidation sites excluding steroid dienone is 1. The highest BCUT2D eigenvalue weighted by Gasteiger charge is 2.62. The number of nitrogens with zero attached hydrogens (tertiary/aromatic N) is 2. The van der Waals surface area contributed by atoms with Crippen LogP contribution in [-0.4, -0.2) is 58.6 Å². The van der Waals surface area contributed by atoms with Gasteiger partial charge < -0.3 is 26.3 Å². The normalized spacial score (nSPS) is 30.6. The van der Waals surface area contributed by atoms with Crippen LogP contribution < -0.4 is 11.6 Å². The van der Waals surface area contributed by atoms with Gasteiger partial charge >= 0.3 is 0 Å². The predicted octanol–water partition coefficient (Wildman–Crippen LogP) is 0.942. The Morgan fingerprint density at radius 3 is 2.71 bits per heavy atom. The van der Waals surface area contributed by atoms with Gasteiger partial charge in [0.25, 0.3) is 5.91 Å². The lowest BCUT2D eigenvalue weighted by atomic mass is 9.54. The average Bonchev–Trinajstić information content (AvgIpc) is 2.61. The fraction of sp³-hybridized carbons (Fsp3) is 0.429. The van der Waals surface area contributed by atoms with Gasteiger partial charge in [-0.05, 0) is 29.9 Å². The Bertz CT molecular complexity index is 905. The van der Waals surface area contributed by atoms with Crippen LogP contribution in [0.1, 0.15) is 34.8 Å². The lowest BCUT2D eigenvalue weighted by Crippen LogP contribution is -2.71. The Labute approximate surface area is 165 Å². The molecule has 0 radical (unpaired) electrons. The van der Waals surface area contributed by atoms with E-state index in [-0.39, 0.29) is 17.4 Å². The Morgan fingerprint density at radius 1 is 1.46 bits per heavy atom. The number of aliphatic hydroxyl groups is 1. The average molecular weight is 385 g/mol. The Kier molecular flexibility index (Phi) is 4.64. The van der Waals surface area contributed by atoms with Gasteiger partial charge in [-0.3, -0.25) is 4.79 Å². The second-order valence-electron chi connectivity index (χ2n) is 8.62. The molecule has 3 rings (SSSR count).